The molecule has 17 aromatic carbocycles. The van der Waals surface area contributed by atoms with Gasteiger partial charge in [-0.3, -0.25) is 0 Å². The fraction of sp³-hybridized carbons (Fsp3) is 0.0893. The third-order valence-corrected chi connectivity index (χ3v) is 39.8. The lowest BCUT2D eigenvalue weighted by molar-refractivity contribution is 0.391. The summed E-state index contributed by atoms with van der Waals surface area (Å²) in [6.07, 6.45) is 0. The predicted octanol–water partition coefficient (Wildman–Crippen LogP) is 17.5. The van der Waals surface area contributed by atoms with E-state index in [1.165, 1.54) is 0 Å². The zero-order chi connectivity index (χ0) is 85.0. The Bertz CT molecular complexity index is 5280. The minimum atomic E-state index is -3.38. The molecule has 0 radical (unpaired) electrons. The lowest BCUT2D eigenvalue weighted by Gasteiger charge is -2.35. The molecule has 0 bridgehead atoms. The summed E-state index contributed by atoms with van der Waals surface area (Å²) in [6.45, 7) is 8.59. The van der Waals surface area contributed by atoms with E-state index in [0.29, 0.717) is 46.0 Å². The summed E-state index contributed by atoms with van der Waals surface area (Å²) in [4.78, 5) is 0. The summed E-state index contributed by atoms with van der Waals surface area (Å²) >= 11 is 0. The summed E-state index contributed by atoms with van der Waals surface area (Å²) in [5, 5.41) is 13.2. The first-order chi connectivity index (χ1) is 60.9. The molecule has 0 fully saturated rings. The largest absolute Gasteiger partial charge is 0.528 e. The van der Waals surface area contributed by atoms with E-state index >= 15 is 0 Å². The van der Waals surface area contributed by atoms with Crippen molar-refractivity contribution in [2.75, 3.05) is 28.4 Å². The first-order valence-electron chi connectivity index (χ1n) is 42.2. The molecule has 0 atom stereocenters. The van der Waals surface area contributed by atoms with E-state index in [-0.39, 0.29) is 0 Å². The van der Waals surface area contributed by atoms with Crippen LogP contribution < -0.4 is 98.9 Å². The van der Waals surface area contributed by atoms with E-state index < -0.39 is 45.1 Å². The van der Waals surface area contributed by atoms with Gasteiger partial charge in [0, 0.05) is 11.8 Å². The highest BCUT2D eigenvalue weighted by atomic mass is 28.4. The van der Waals surface area contributed by atoms with Crippen molar-refractivity contribution in [2.24, 2.45) is 0 Å². The Morgan fingerprint density at radius 2 is 0.290 bits per heavy atom. The Balaban J connectivity index is 0.870. The Hall–Kier alpha value is -14.0. The molecule has 124 heavy (non-hydrogen) atoms. The molecular weight excluding hydrogens is 1590 g/mol. The van der Waals surface area contributed by atoms with Crippen molar-refractivity contribution in [3.63, 3.8) is 0 Å². The molecule has 8 nitrogen and oxygen atoms in total. The minimum absolute atomic E-state index is 0.446. The van der Waals surface area contributed by atoms with Crippen molar-refractivity contribution in [3.05, 3.63) is 492 Å². The van der Waals surface area contributed by atoms with Gasteiger partial charge in [-0.25, -0.2) is 0 Å². The average molecular weight is 1680 g/mol. The molecule has 610 valence electrons. The molecule has 0 N–H and O–H groups in total. The van der Waals surface area contributed by atoms with E-state index in [1.807, 2.05) is 0 Å². The second kappa shape index (κ2) is 36.8. The van der Waals surface area contributed by atoms with Gasteiger partial charge in [-0.2, -0.15) is 0 Å². The summed E-state index contributed by atoms with van der Waals surface area (Å²) in [5.41, 5.74) is 9.56. The van der Waals surface area contributed by atoms with Crippen LogP contribution in [0, 0.1) is 27.7 Å². The van der Waals surface area contributed by atoms with Gasteiger partial charge in [0.2, 0.25) is 0 Å². The van der Waals surface area contributed by atoms with Gasteiger partial charge in [0.15, 0.2) is 23.0 Å². The molecule has 0 saturated heterocycles. The smallest absolute Gasteiger partial charge is 0.347 e. The van der Waals surface area contributed by atoms with Gasteiger partial charge >= 0.3 is 33.3 Å². The van der Waals surface area contributed by atoms with Crippen molar-refractivity contribution in [1.82, 2.24) is 0 Å². The number of rotatable bonds is 30. The lowest BCUT2D eigenvalue weighted by Crippen LogP contribution is -2.71. The number of hydrogen-bond acceptors (Lipinski definition) is 8. The average Bonchev–Trinajstić information content (AvgIpc) is 0.763. The van der Waals surface area contributed by atoms with Gasteiger partial charge in [0.25, 0.3) is 0 Å². The van der Waals surface area contributed by atoms with Gasteiger partial charge in [0.05, 0.1) is 28.4 Å². The van der Waals surface area contributed by atoms with Crippen molar-refractivity contribution in [3.8, 4) is 46.0 Å². The maximum atomic E-state index is 8.00. The quantitative estimate of drug-likeness (QED) is 0.0326. The van der Waals surface area contributed by atoms with E-state index in [0.717, 1.165) is 118 Å². The Morgan fingerprint density at radius 3 is 0.411 bits per heavy atom. The summed E-state index contributed by atoms with van der Waals surface area (Å²) < 4.78 is 59.0. The number of methoxy groups -OCH3 is 4. The molecule has 0 amide bonds. The van der Waals surface area contributed by atoms with Crippen molar-refractivity contribution >= 4 is 95.5 Å². The minimum Gasteiger partial charge on any atom is -0.528 e. The predicted molar refractivity (Wildman–Crippen MR) is 518 cm³/mol. The number of hydrogen-bond donors (Lipinski definition) is 0. The van der Waals surface area contributed by atoms with E-state index in [4.69, 9.17) is 36.7 Å². The van der Waals surface area contributed by atoms with Crippen LogP contribution in [-0.2, 0) is 0 Å². The van der Waals surface area contributed by atoms with Crippen LogP contribution in [0.1, 0.15) is 67.5 Å². The molecule has 0 aliphatic heterocycles. The van der Waals surface area contributed by atoms with Gasteiger partial charge in [0.1, 0.15) is 23.0 Å². The first-order valence-corrected chi connectivity index (χ1v) is 49.8. The second-order valence-corrected chi connectivity index (χ2v) is 44.7. The van der Waals surface area contributed by atoms with Crippen molar-refractivity contribution in [2.45, 2.75) is 39.5 Å². The first kappa shape index (κ1) is 82.3. The van der Waals surface area contributed by atoms with Gasteiger partial charge < -0.3 is 36.7 Å². The van der Waals surface area contributed by atoms with Crippen LogP contribution in [0.4, 0.5) is 0 Å². The van der Waals surface area contributed by atoms with E-state index in [2.05, 4.69) is 464 Å². The number of benzene rings is 17. The highest BCUT2D eigenvalue weighted by molar-refractivity contribution is 7.09. The third-order valence-electron chi connectivity index (χ3n) is 24.1. The standard InChI is InChI=1S/C112H98O8Si4/c1-81-73-87(77-103(113-5)109(81)117-121(91-45-21-9-22-46-91,92-47-23-10-24-48-92)93-49-25-11-26-50-93)107(88-74-82(2)110(104(78-88)114-6)118-122(94-51-27-12-28-52-94,95-53-29-13-30-54-95)96-55-31-14-32-56-96)85-69-71-86(72-70-85)108(89-75-83(3)111(105(79-89)115-7)119-123(97-57-33-15-34-58-97,98-59-35-16-36-60-98)99-61-37-17-38-62-99)90-76-84(4)112(106(80-90)116-8)120-124(100-63-39-18-40-64-100,101-65-41-19-42-66-101)102-67-43-20-44-68-102/h9-80,107-108H,1-8H3. The monoisotopic (exact) mass is 1680 g/mol. The normalized spacial score (nSPS) is 11.7. The maximum absolute atomic E-state index is 8.00. The van der Waals surface area contributed by atoms with Crippen LogP contribution in [0.3, 0.4) is 0 Å². The number of aryl methyl sites for hydroxylation is 4. The fourth-order valence-corrected chi connectivity index (χ4v) is 33.9. The van der Waals surface area contributed by atoms with Crippen LogP contribution in [0.25, 0.3) is 0 Å². The van der Waals surface area contributed by atoms with Crippen LogP contribution in [0.5, 0.6) is 46.0 Å². The SMILES string of the molecule is COc1cc(C(c2ccc(C(c3cc(C)c(O[Si](c4ccccc4)(c4ccccc4)c4ccccc4)c(OC)c3)c3cc(C)c(O[Si](c4ccccc4)(c4ccccc4)c4ccccc4)c(OC)c3)cc2)c2cc(C)c(O[Si](c3ccccc3)(c3ccccc3)c3ccccc3)c(OC)c2)cc(C)c1O[Si](c1ccccc1)(c1ccccc1)c1ccccc1. The zero-order valence-electron chi connectivity index (χ0n) is 71.0. The van der Waals surface area contributed by atoms with Gasteiger partial charge in [-0.05, 0) is 170 Å². The summed E-state index contributed by atoms with van der Waals surface area (Å²) in [6, 6.07) is 155. The molecule has 0 aliphatic rings. The Kier molecular flexibility index (Phi) is 24.4. The lowest BCUT2D eigenvalue weighted by atomic mass is 9.80. The molecule has 0 spiro atoms. The van der Waals surface area contributed by atoms with Crippen molar-refractivity contribution < 1.29 is 36.7 Å². The molecule has 17 aromatic rings. The van der Waals surface area contributed by atoms with Crippen LogP contribution in [0.15, 0.2) is 437 Å². The number of ether oxygens (including phenoxy) is 4. The van der Waals surface area contributed by atoms with E-state index in [1.54, 1.807) is 28.4 Å². The molecule has 0 aliphatic carbocycles. The molecule has 0 saturated carbocycles. The molecule has 12 heteroatoms. The maximum Gasteiger partial charge on any atom is 0.347 e. The highest BCUT2D eigenvalue weighted by Crippen LogP contribution is 2.48. The highest BCUT2D eigenvalue weighted by Gasteiger charge is 2.50. The van der Waals surface area contributed by atoms with Gasteiger partial charge in [-0.1, -0.05) is 413 Å². The summed E-state index contributed by atoms with van der Waals surface area (Å²) in [5.74, 6) is 4.18. The zero-order valence-corrected chi connectivity index (χ0v) is 75.0. The van der Waals surface area contributed by atoms with Gasteiger partial charge in [-0.15, -0.1) is 0 Å². The Labute approximate surface area is 733 Å². The fourth-order valence-electron chi connectivity index (χ4n) is 18.3. The molecular formula is C112H98O8Si4. The summed E-state index contributed by atoms with van der Waals surface area (Å²) in [7, 11) is -6.50. The van der Waals surface area contributed by atoms with Crippen LogP contribution in [0.2, 0.25) is 0 Å². The van der Waals surface area contributed by atoms with Crippen LogP contribution >= 0.6 is 0 Å². The molecule has 0 aromatic heterocycles. The molecule has 17 rings (SSSR count). The van der Waals surface area contributed by atoms with Crippen molar-refractivity contribution in [1.29, 1.82) is 0 Å². The topological polar surface area (TPSA) is 73.8 Å². The van der Waals surface area contributed by atoms with E-state index in [9.17, 15) is 0 Å². The Morgan fingerprint density at radius 1 is 0.161 bits per heavy atom. The molecule has 0 heterocycles. The molecule has 0 unspecified atom stereocenters. The second-order valence-electron chi connectivity index (χ2n) is 31.5. The third kappa shape index (κ3) is 15.8. The van der Waals surface area contributed by atoms with Crippen LogP contribution in [-0.4, -0.2) is 61.7 Å².